The molecule has 2 N–H and O–H groups in total. The second-order valence-electron chi connectivity index (χ2n) is 5.40. The highest BCUT2D eigenvalue weighted by Crippen LogP contribution is 2.31. The summed E-state index contributed by atoms with van der Waals surface area (Å²) < 4.78 is 38.3. The lowest BCUT2D eigenvalue weighted by Crippen LogP contribution is -2.52. The van der Waals surface area contributed by atoms with E-state index in [-0.39, 0.29) is 19.0 Å². The molecule has 1 aromatic carbocycles. The minimum absolute atomic E-state index is 0.0437. The average molecular weight is 345 g/mol. The van der Waals surface area contributed by atoms with Crippen LogP contribution in [0.4, 0.5) is 23.7 Å². The maximum Gasteiger partial charge on any atom is 0.416 e. The summed E-state index contributed by atoms with van der Waals surface area (Å²) in [5, 5.41) is 11.0. The van der Waals surface area contributed by atoms with Gasteiger partial charge in [0, 0.05) is 38.4 Å². The molecule has 2 rings (SSSR count). The number of rotatable bonds is 4. The maximum absolute atomic E-state index is 12.8. The summed E-state index contributed by atoms with van der Waals surface area (Å²) in [5.74, 6) is -0.996. The second-order valence-corrected chi connectivity index (χ2v) is 5.40. The van der Waals surface area contributed by atoms with Crippen LogP contribution in [0.1, 0.15) is 12.0 Å². The van der Waals surface area contributed by atoms with Crippen LogP contribution in [-0.4, -0.2) is 54.7 Å². The molecule has 132 valence electrons. The van der Waals surface area contributed by atoms with Crippen molar-refractivity contribution in [2.45, 2.75) is 12.6 Å². The van der Waals surface area contributed by atoms with Crippen molar-refractivity contribution >= 4 is 17.7 Å². The molecule has 0 saturated carbocycles. The van der Waals surface area contributed by atoms with Crippen LogP contribution in [0.5, 0.6) is 0 Å². The van der Waals surface area contributed by atoms with Crippen molar-refractivity contribution in [3.05, 3.63) is 29.8 Å². The van der Waals surface area contributed by atoms with Crippen LogP contribution < -0.4 is 10.2 Å². The Labute approximate surface area is 136 Å². The second kappa shape index (κ2) is 7.41. The molecule has 1 aliphatic rings. The summed E-state index contributed by atoms with van der Waals surface area (Å²) in [7, 11) is 0. The zero-order valence-electron chi connectivity index (χ0n) is 12.8. The van der Waals surface area contributed by atoms with E-state index in [0.717, 1.165) is 12.1 Å². The van der Waals surface area contributed by atoms with Crippen LogP contribution in [-0.2, 0) is 11.0 Å². The van der Waals surface area contributed by atoms with Gasteiger partial charge in [0.15, 0.2) is 0 Å². The first-order valence-electron chi connectivity index (χ1n) is 7.44. The summed E-state index contributed by atoms with van der Waals surface area (Å²) in [4.78, 5) is 25.6. The Kier molecular flexibility index (Phi) is 5.53. The number of carbonyl (C=O) groups excluding carboxylic acids is 1. The van der Waals surface area contributed by atoms with Crippen LogP contribution in [0.3, 0.4) is 0 Å². The number of carboxylic acids is 1. The van der Waals surface area contributed by atoms with E-state index in [1.165, 1.54) is 11.0 Å². The van der Waals surface area contributed by atoms with E-state index >= 15 is 0 Å². The number of nitrogens with zero attached hydrogens (tertiary/aromatic N) is 2. The van der Waals surface area contributed by atoms with Crippen LogP contribution in [0.15, 0.2) is 24.3 Å². The van der Waals surface area contributed by atoms with Gasteiger partial charge >= 0.3 is 18.2 Å². The maximum atomic E-state index is 12.8. The lowest BCUT2D eigenvalue weighted by molar-refractivity contribution is -0.138. The molecule has 24 heavy (non-hydrogen) atoms. The molecule has 0 aromatic heterocycles. The van der Waals surface area contributed by atoms with Gasteiger partial charge in [0.1, 0.15) is 0 Å². The van der Waals surface area contributed by atoms with Crippen LogP contribution in [0, 0.1) is 0 Å². The fraction of sp³-hybridized carbons (Fsp3) is 0.467. The molecule has 0 aliphatic carbocycles. The Morgan fingerprint density at radius 2 is 1.83 bits per heavy atom. The molecule has 0 unspecified atom stereocenters. The van der Waals surface area contributed by atoms with Crippen molar-refractivity contribution in [3.63, 3.8) is 0 Å². The van der Waals surface area contributed by atoms with Crippen molar-refractivity contribution in [1.82, 2.24) is 10.2 Å². The Balaban J connectivity index is 1.88. The number of halogens is 3. The molecule has 0 bridgehead atoms. The van der Waals surface area contributed by atoms with Gasteiger partial charge in [-0.25, -0.2) is 4.79 Å². The SMILES string of the molecule is O=C(O)CCNC(=O)N1CCN(c2cccc(C(F)(F)F)c2)CC1. The lowest BCUT2D eigenvalue weighted by atomic mass is 10.1. The Morgan fingerprint density at radius 3 is 2.42 bits per heavy atom. The largest absolute Gasteiger partial charge is 0.481 e. The van der Waals surface area contributed by atoms with Crippen molar-refractivity contribution < 1.29 is 27.9 Å². The lowest BCUT2D eigenvalue weighted by Gasteiger charge is -2.36. The molecule has 1 aliphatic heterocycles. The zero-order chi connectivity index (χ0) is 17.7. The summed E-state index contributed by atoms with van der Waals surface area (Å²) >= 11 is 0. The van der Waals surface area contributed by atoms with Gasteiger partial charge < -0.3 is 20.2 Å². The summed E-state index contributed by atoms with van der Waals surface area (Å²) in [6, 6.07) is 4.74. The van der Waals surface area contributed by atoms with Gasteiger partial charge in [-0.05, 0) is 18.2 Å². The number of urea groups is 1. The van der Waals surface area contributed by atoms with E-state index in [4.69, 9.17) is 5.11 Å². The fourth-order valence-electron chi connectivity index (χ4n) is 2.43. The molecule has 1 fully saturated rings. The van der Waals surface area contributed by atoms with Crippen molar-refractivity contribution in [1.29, 1.82) is 0 Å². The van der Waals surface area contributed by atoms with Crippen molar-refractivity contribution in [2.24, 2.45) is 0 Å². The minimum Gasteiger partial charge on any atom is -0.481 e. The first-order valence-corrected chi connectivity index (χ1v) is 7.44. The predicted octanol–water partition coefficient (Wildman–Crippen LogP) is 2.01. The normalized spacial score (nSPS) is 15.3. The average Bonchev–Trinajstić information content (AvgIpc) is 2.54. The number of benzene rings is 1. The number of amides is 2. The summed E-state index contributed by atoms with van der Waals surface area (Å²) in [6.45, 7) is 1.58. The molecule has 0 spiro atoms. The smallest absolute Gasteiger partial charge is 0.416 e. The number of hydrogen-bond donors (Lipinski definition) is 2. The molecule has 6 nitrogen and oxygen atoms in total. The van der Waals surface area contributed by atoms with Crippen LogP contribution in [0.25, 0.3) is 0 Å². The van der Waals surface area contributed by atoms with Crippen molar-refractivity contribution in [3.8, 4) is 0 Å². The van der Waals surface area contributed by atoms with Gasteiger partial charge in [-0.2, -0.15) is 13.2 Å². The topological polar surface area (TPSA) is 72.9 Å². The highest BCUT2D eigenvalue weighted by molar-refractivity contribution is 5.75. The van der Waals surface area contributed by atoms with E-state index in [2.05, 4.69) is 5.32 Å². The highest BCUT2D eigenvalue weighted by atomic mass is 19.4. The monoisotopic (exact) mass is 345 g/mol. The molecule has 1 saturated heterocycles. The minimum atomic E-state index is -4.39. The van der Waals surface area contributed by atoms with Gasteiger partial charge in [-0.3, -0.25) is 4.79 Å². The quantitative estimate of drug-likeness (QED) is 0.876. The molecule has 1 heterocycles. The number of carboxylic acid groups (broad SMARTS) is 1. The first-order chi connectivity index (χ1) is 11.3. The third kappa shape index (κ3) is 4.77. The Morgan fingerprint density at radius 1 is 1.17 bits per heavy atom. The van der Waals surface area contributed by atoms with Crippen LogP contribution >= 0.6 is 0 Å². The molecular weight excluding hydrogens is 327 g/mol. The van der Waals surface area contributed by atoms with E-state index < -0.39 is 17.7 Å². The highest BCUT2D eigenvalue weighted by Gasteiger charge is 2.31. The molecule has 9 heteroatoms. The number of piperazine rings is 1. The zero-order valence-corrected chi connectivity index (χ0v) is 12.8. The van der Waals surface area contributed by atoms with E-state index in [1.807, 2.05) is 0 Å². The number of anilines is 1. The van der Waals surface area contributed by atoms with Crippen molar-refractivity contribution in [2.75, 3.05) is 37.6 Å². The van der Waals surface area contributed by atoms with Gasteiger partial charge in [-0.1, -0.05) is 6.07 Å². The van der Waals surface area contributed by atoms with E-state index in [1.54, 1.807) is 11.0 Å². The number of alkyl halides is 3. The van der Waals surface area contributed by atoms with Gasteiger partial charge in [-0.15, -0.1) is 0 Å². The van der Waals surface area contributed by atoms with E-state index in [9.17, 15) is 22.8 Å². The number of aliphatic carboxylic acids is 1. The van der Waals surface area contributed by atoms with Gasteiger partial charge in [0.25, 0.3) is 0 Å². The van der Waals surface area contributed by atoms with Gasteiger partial charge in [0.2, 0.25) is 0 Å². The Hall–Kier alpha value is -2.45. The molecule has 1 aromatic rings. The van der Waals surface area contributed by atoms with Gasteiger partial charge in [0.05, 0.1) is 12.0 Å². The third-order valence-corrected chi connectivity index (χ3v) is 3.72. The molecule has 0 atom stereocenters. The fourth-order valence-corrected chi connectivity index (χ4v) is 2.43. The third-order valence-electron chi connectivity index (χ3n) is 3.72. The predicted molar refractivity (Wildman–Crippen MR) is 80.9 cm³/mol. The molecular formula is C15H18F3N3O3. The summed E-state index contributed by atoms with van der Waals surface area (Å²) in [5.41, 5.74) is -0.232. The molecule has 0 radical (unpaired) electrons. The van der Waals surface area contributed by atoms with E-state index in [0.29, 0.717) is 31.9 Å². The number of carbonyl (C=O) groups is 2. The first kappa shape index (κ1) is 17.9. The standard InChI is InChI=1S/C15H18F3N3O3/c16-15(17,18)11-2-1-3-12(10-11)20-6-8-21(9-7-20)14(24)19-5-4-13(22)23/h1-3,10H,4-9H2,(H,19,24)(H,22,23). The Bertz CT molecular complexity index is 599. The summed E-state index contributed by atoms with van der Waals surface area (Å²) in [6.07, 6.45) is -4.54. The van der Waals surface area contributed by atoms with Crippen LogP contribution in [0.2, 0.25) is 0 Å². The number of nitrogens with one attached hydrogen (secondary N) is 1. The molecule has 2 amide bonds. The number of hydrogen-bond acceptors (Lipinski definition) is 3.